The summed E-state index contributed by atoms with van der Waals surface area (Å²) < 4.78 is 0. The number of nitrogens with zero attached hydrogens (tertiary/aromatic N) is 2. The highest BCUT2D eigenvalue weighted by molar-refractivity contribution is 5.92. The molecule has 0 radical (unpaired) electrons. The van der Waals surface area contributed by atoms with Crippen LogP contribution in [0.15, 0.2) is 36.4 Å². The van der Waals surface area contributed by atoms with Crippen LogP contribution in [0, 0.1) is 0 Å². The van der Waals surface area contributed by atoms with Crippen molar-refractivity contribution in [3.8, 4) is 0 Å². The molecule has 0 aliphatic carbocycles. The first-order valence-electron chi connectivity index (χ1n) is 7.70. The second kappa shape index (κ2) is 9.33. The van der Waals surface area contributed by atoms with E-state index < -0.39 is 0 Å². The van der Waals surface area contributed by atoms with Gasteiger partial charge in [-0.25, -0.2) is 0 Å². The lowest BCUT2D eigenvalue weighted by Gasteiger charge is -2.21. The summed E-state index contributed by atoms with van der Waals surface area (Å²) in [6.45, 7) is 5.91. The highest BCUT2D eigenvalue weighted by Gasteiger charge is 2.19. The van der Waals surface area contributed by atoms with Crippen LogP contribution in [0.1, 0.15) is 47.9 Å². The predicted octanol–water partition coefficient (Wildman–Crippen LogP) is 2.95. The maximum Gasteiger partial charge on any atom is 0.274 e. The van der Waals surface area contributed by atoms with Crippen LogP contribution in [0.25, 0.3) is 0 Å². The smallest absolute Gasteiger partial charge is 0.274 e. The Morgan fingerprint density at radius 1 is 1.30 bits per heavy atom. The van der Waals surface area contributed by atoms with Crippen LogP contribution >= 0.6 is 12.4 Å². The van der Waals surface area contributed by atoms with Crippen molar-refractivity contribution in [1.82, 2.24) is 15.1 Å². The number of rotatable bonds is 7. The number of hydrogen-bond acceptors (Lipinski definition) is 3. The van der Waals surface area contributed by atoms with Gasteiger partial charge in [0.2, 0.25) is 0 Å². The van der Waals surface area contributed by atoms with E-state index in [4.69, 9.17) is 5.73 Å². The largest absolute Gasteiger partial charge is 0.333 e. The van der Waals surface area contributed by atoms with Gasteiger partial charge in [-0.2, -0.15) is 5.10 Å². The first kappa shape index (κ1) is 19.2. The molecule has 0 unspecified atom stereocenters. The Balaban J connectivity index is 0.00000264. The molecular weight excluding hydrogens is 312 g/mol. The van der Waals surface area contributed by atoms with Gasteiger partial charge in [0.1, 0.15) is 5.69 Å². The van der Waals surface area contributed by atoms with Crippen molar-refractivity contribution in [3.63, 3.8) is 0 Å². The molecule has 1 amide bonds. The van der Waals surface area contributed by atoms with E-state index in [0.717, 1.165) is 17.7 Å². The second-order valence-corrected chi connectivity index (χ2v) is 5.72. The predicted molar refractivity (Wildman–Crippen MR) is 94.8 cm³/mol. The third kappa shape index (κ3) is 5.37. The third-order valence-corrected chi connectivity index (χ3v) is 3.57. The quantitative estimate of drug-likeness (QED) is 0.816. The van der Waals surface area contributed by atoms with Crippen molar-refractivity contribution < 1.29 is 4.79 Å². The maximum absolute atomic E-state index is 12.7. The molecule has 5 nitrogen and oxygen atoms in total. The van der Waals surface area contributed by atoms with Crippen LogP contribution < -0.4 is 5.73 Å². The molecule has 0 aliphatic rings. The Kier molecular flexibility index (Phi) is 7.78. The summed E-state index contributed by atoms with van der Waals surface area (Å²) in [5.41, 5.74) is 8.14. The van der Waals surface area contributed by atoms with Gasteiger partial charge in [-0.3, -0.25) is 9.89 Å². The number of hydrogen-bond donors (Lipinski definition) is 2. The van der Waals surface area contributed by atoms with Crippen LogP contribution in [0.5, 0.6) is 0 Å². The van der Waals surface area contributed by atoms with Crippen LogP contribution in [0.3, 0.4) is 0 Å². The summed E-state index contributed by atoms with van der Waals surface area (Å²) >= 11 is 0. The SMILES string of the molecule is CC(C)c1cc(C(=O)N(CCCN)Cc2ccccc2)n[nH]1.Cl. The minimum Gasteiger partial charge on any atom is -0.333 e. The van der Waals surface area contributed by atoms with Gasteiger partial charge in [0.15, 0.2) is 0 Å². The molecule has 1 heterocycles. The molecule has 2 aromatic rings. The Bertz CT molecular complexity index is 598. The van der Waals surface area contributed by atoms with E-state index in [1.807, 2.05) is 41.3 Å². The van der Waals surface area contributed by atoms with E-state index in [1.54, 1.807) is 0 Å². The summed E-state index contributed by atoms with van der Waals surface area (Å²) in [5.74, 6) is 0.265. The molecule has 1 aromatic heterocycles. The fourth-order valence-corrected chi connectivity index (χ4v) is 2.24. The van der Waals surface area contributed by atoms with Gasteiger partial charge in [-0.15, -0.1) is 12.4 Å². The Labute approximate surface area is 143 Å². The van der Waals surface area contributed by atoms with Gasteiger partial charge in [0, 0.05) is 18.8 Å². The van der Waals surface area contributed by atoms with Crippen LogP contribution in [0.2, 0.25) is 0 Å². The van der Waals surface area contributed by atoms with Crippen molar-refractivity contribution in [2.45, 2.75) is 32.7 Å². The second-order valence-electron chi connectivity index (χ2n) is 5.72. The van der Waals surface area contributed by atoms with Crippen LogP contribution in [-0.4, -0.2) is 34.1 Å². The lowest BCUT2D eigenvalue weighted by Crippen LogP contribution is -2.32. The summed E-state index contributed by atoms with van der Waals surface area (Å²) in [5, 5.41) is 7.10. The molecule has 23 heavy (non-hydrogen) atoms. The molecular formula is C17H25ClN4O. The van der Waals surface area contributed by atoms with Gasteiger partial charge in [0.25, 0.3) is 5.91 Å². The number of H-pyrrole nitrogens is 1. The monoisotopic (exact) mass is 336 g/mol. The summed E-state index contributed by atoms with van der Waals surface area (Å²) in [6, 6.07) is 11.8. The fourth-order valence-electron chi connectivity index (χ4n) is 2.24. The van der Waals surface area contributed by atoms with Gasteiger partial charge in [0.05, 0.1) is 0 Å². The third-order valence-electron chi connectivity index (χ3n) is 3.57. The summed E-state index contributed by atoms with van der Waals surface area (Å²) in [7, 11) is 0. The average Bonchev–Trinajstić information content (AvgIpc) is 3.02. The maximum atomic E-state index is 12.7. The molecule has 0 aliphatic heterocycles. The van der Waals surface area contributed by atoms with Crippen LogP contribution in [0.4, 0.5) is 0 Å². The Hall–Kier alpha value is -1.85. The Morgan fingerprint density at radius 2 is 2.00 bits per heavy atom. The number of aromatic amines is 1. The normalized spacial score (nSPS) is 10.4. The highest BCUT2D eigenvalue weighted by atomic mass is 35.5. The van der Waals surface area contributed by atoms with E-state index in [-0.39, 0.29) is 18.3 Å². The van der Waals surface area contributed by atoms with Gasteiger partial charge in [-0.1, -0.05) is 44.2 Å². The number of nitrogens with two attached hydrogens (primary N) is 1. The lowest BCUT2D eigenvalue weighted by atomic mass is 10.1. The van der Waals surface area contributed by atoms with Gasteiger partial charge in [-0.05, 0) is 30.5 Å². The standard InChI is InChI=1S/C17H24N4O.ClH/c1-13(2)15-11-16(20-19-15)17(22)21(10-6-9-18)12-14-7-4-3-5-8-14;/h3-5,7-8,11,13H,6,9-10,12,18H2,1-2H3,(H,19,20);1H. The number of carbonyl (C=O) groups is 1. The van der Waals surface area contributed by atoms with Crippen molar-refractivity contribution in [1.29, 1.82) is 0 Å². The highest BCUT2D eigenvalue weighted by Crippen LogP contribution is 2.15. The molecule has 0 saturated carbocycles. The van der Waals surface area contributed by atoms with Gasteiger partial charge < -0.3 is 10.6 Å². The topological polar surface area (TPSA) is 75.0 Å². The summed E-state index contributed by atoms with van der Waals surface area (Å²) in [6.07, 6.45) is 0.778. The van der Waals surface area contributed by atoms with Crippen molar-refractivity contribution in [2.75, 3.05) is 13.1 Å². The first-order valence-corrected chi connectivity index (χ1v) is 7.70. The molecule has 0 saturated heterocycles. The van der Waals surface area contributed by atoms with E-state index >= 15 is 0 Å². The zero-order valence-corrected chi connectivity index (χ0v) is 14.5. The number of aromatic nitrogens is 2. The number of amides is 1. The van der Waals surface area contributed by atoms with Crippen LogP contribution in [-0.2, 0) is 6.54 Å². The molecule has 0 bridgehead atoms. The molecule has 1 aromatic carbocycles. The number of benzene rings is 1. The minimum absolute atomic E-state index is 0. The number of nitrogens with one attached hydrogen (secondary N) is 1. The zero-order chi connectivity index (χ0) is 15.9. The molecule has 2 rings (SSSR count). The van der Waals surface area contributed by atoms with Crippen molar-refractivity contribution in [2.24, 2.45) is 5.73 Å². The number of halogens is 1. The molecule has 126 valence electrons. The molecule has 0 spiro atoms. The molecule has 3 N–H and O–H groups in total. The molecule has 0 atom stereocenters. The minimum atomic E-state index is -0.0551. The zero-order valence-electron chi connectivity index (χ0n) is 13.7. The Morgan fingerprint density at radius 3 is 2.57 bits per heavy atom. The van der Waals surface area contributed by atoms with Crippen molar-refractivity contribution >= 4 is 18.3 Å². The van der Waals surface area contributed by atoms with E-state index in [1.165, 1.54) is 0 Å². The lowest BCUT2D eigenvalue weighted by molar-refractivity contribution is 0.0736. The first-order chi connectivity index (χ1) is 10.6. The van der Waals surface area contributed by atoms with E-state index in [2.05, 4.69) is 24.0 Å². The van der Waals surface area contributed by atoms with E-state index in [9.17, 15) is 4.79 Å². The summed E-state index contributed by atoms with van der Waals surface area (Å²) in [4.78, 5) is 14.5. The number of carbonyl (C=O) groups excluding carboxylic acids is 1. The molecule has 0 fully saturated rings. The average molecular weight is 337 g/mol. The van der Waals surface area contributed by atoms with Crippen molar-refractivity contribution in [3.05, 3.63) is 53.3 Å². The molecule has 6 heteroatoms. The van der Waals surface area contributed by atoms with E-state index in [0.29, 0.717) is 31.2 Å². The van der Waals surface area contributed by atoms with Gasteiger partial charge >= 0.3 is 0 Å². The fraction of sp³-hybridized carbons (Fsp3) is 0.412.